The van der Waals surface area contributed by atoms with Gasteiger partial charge >= 0.3 is 5.97 Å². The average Bonchev–Trinajstić information content (AvgIpc) is 3.06. The van der Waals surface area contributed by atoms with Crippen molar-refractivity contribution in [1.82, 2.24) is 5.32 Å². The van der Waals surface area contributed by atoms with Crippen molar-refractivity contribution >= 4 is 11.9 Å². The number of hydrogen-bond acceptors (Lipinski definition) is 2. The van der Waals surface area contributed by atoms with Crippen LogP contribution in [-0.2, 0) is 9.59 Å². The van der Waals surface area contributed by atoms with Crippen molar-refractivity contribution in [2.24, 2.45) is 16.7 Å². The van der Waals surface area contributed by atoms with E-state index >= 15 is 0 Å². The summed E-state index contributed by atoms with van der Waals surface area (Å²) in [4.78, 5) is 23.3. The zero-order valence-electron chi connectivity index (χ0n) is 11.3. The number of hydrogen-bond donors (Lipinski definition) is 2. The Hall–Kier alpha value is -1.06. The molecule has 0 aromatic heterocycles. The summed E-state index contributed by atoms with van der Waals surface area (Å²) in [7, 11) is 0. The van der Waals surface area contributed by atoms with Crippen LogP contribution in [0.2, 0.25) is 0 Å². The van der Waals surface area contributed by atoms with Gasteiger partial charge in [-0.25, -0.2) is 0 Å². The van der Waals surface area contributed by atoms with Crippen LogP contribution in [0.4, 0.5) is 0 Å². The Morgan fingerprint density at radius 3 is 2.39 bits per heavy atom. The van der Waals surface area contributed by atoms with E-state index in [0.29, 0.717) is 19.4 Å². The maximum absolute atomic E-state index is 12.2. The Morgan fingerprint density at radius 2 is 1.89 bits per heavy atom. The Morgan fingerprint density at radius 1 is 1.22 bits per heavy atom. The van der Waals surface area contributed by atoms with Crippen molar-refractivity contribution < 1.29 is 14.7 Å². The number of carbonyl (C=O) groups excluding carboxylic acids is 1. The van der Waals surface area contributed by atoms with Gasteiger partial charge in [0.15, 0.2) is 0 Å². The lowest BCUT2D eigenvalue weighted by atomic mass is 9.68. The smallest absolute Gasteiger partial charge is 0.311 e. The first-order chi connectivity index (χ1) is 8.37. The second-order valence-electron chi connectivity index (χ2n) is 6.59. The lowest BCUT2D eigenvalue weighted by Gasteiger charge is -2.37. The number of rotatable bonds is 4. The van der Waals surface area contributed by atoms with Crippen LogP contribution >= 0.6 is 0 Å². The second kappa shape index (κ2) is 4.56. The van der Waals surface area contributed by atoms with Gasteiger partial charge in [-0.1, -0.05) is 26.7 Å². The minimum Gasteiger partial charge on any atom is -0.481 e. The summed E-state index contributed by atoms with van der Waals surface area (Å²) in [6, 6.07) is 0. The summed E-state index contributed by atoms with van der Waals surface area (Å²) < 4.78 is 0. The van der Waals surface area contributed by atoms with Crippen molar-refractivity contribution in [3.63, 3.8) is 0 Å². The fraction of sp³-hybridized carbons (Fsp3) is 0.857. The fourth-order valence-corrected chi connectivity index (χ4v) is 2.98. The van der Waals surface area contributed by atoms with E-state index < -0.39 is 11.4 Å². The number of aliphatic carboxylic acids is 1. The highest BCUT2D eigenvalue weighted by atomic mass is 16.4. The van der Waals surface area contributed by atoms with E-state index in [2.05, 4.69) is 19.2 Å². The molecule has 0 spiro atoms. The molecule has 2 N–H and O–H groups in total. The molecule has 2 rings (SSSR count). The Bertz CT molecular complexity index is 358. The fourth-order valence-electron chi connectivity index (χ4n) is 2.98. The van der Waals surface area contributed by atoms with E-state index in [4.69, 9.17) is 5.11 Å². The molecule has 0 aromatic rings. The monoisotopic (exact) mass is 253 g/mol. The first-order valence-corrected chi connectivity index (χ1v) is 6.89. The van der Waals surface area contributed by atoms with Crippen LogP contribution < -0.4 is 5.32 Å². The Balaban J connectivity index is 1.90. The summed E-state index contributed by atoms with van der Waals surface area (Å²) in [5.41, 5.74) is -0.614. The highest BCUT2D eigenvalue weighted by Crippen LogP contribution is 2.45. The van der Waals surface area contributed by atoms with Crippen LogP contribution in [0, 0.1) is 16.7 Å². The largest absolute Gasteiger partial charge is 0.481 e. The number of nitrogens with one attached hydrogen (secondary N) is 1. The molecule has 2 fully saturated rings. The molecule has 0 radical (unpaired) electrons. The predicted octanol–water partition coefficient (Wildman–Crippen LogP) is 2.18. The molecule has 4 nitrogen and oxygen atoms in total. The third-order valence-electron chi connectivity index (χ3n) is 4.73. The molecule has 102 valence electrons. The van der Waals surface area contributed by atoms with Gasteiger partial charge in [-0.05, 0) is 31.1 Å². The molecule has 0 aliphatic heterocycles. The molecular formula is C14H23NO3. The van der Waals surface area contributed by atoms with Crippen LogP contribution in [0.3, 0.4) is 0 Å². The molecule has 2 aliphatic carbocycles. The van der Waals surface area contributed by atoms with Crippen molar-refractivity contribution in [3.05, 3.63) is 0 Å². The van der Waals surface area contributed by atoms with E-state index in [1.807, 2.05) is 0 Å². The molecule has 1 atom stereocenters. The van der Waals surface area contributed by atoms with Gasteiger partial charge in [-0.2, -0.15) is 0 Å². The minimum atomic E-state index is -0.772. The van der Waals surface area contributed by atoms with Crippen LogP contribution in [0.15, 0.2) is 0 Å². The molecule has 0 heterocycles. The molecule has 2 saturated carbocycles. The van der Waals surface area contributed by atoms with E-state index in [9.17, 15) is 9.59 Å². The maximum atomic E-state index is 12.2. The molecule has 18 heavy (non-hydrogen) atoms. The van der Waals surface area contributed by atoms with Crippen molar-refractivity contribution in [1.29, 1.82) is 0 Å². The SMILES string of the molecule is CC1(C)CCCCC1C(=O)NCC1(C(=O)O)CC1. The Labute approximate surface area is 108 Å². The summed E-state index contributed by atoms with van der Waals surface area (Å²) in [6.07, 6.45) is 5.68. The van der Waals surface area contributed by atoms with E-state index in [0.717, 1.165) is 19.3 Å². The molecule has 0 bridgehead atoms. The van der Waals surface area contributed by atoms with Crippen LogP contribution in [0.25, 0.3) is 0 Å². The van der Waals surface area contributed by atoms with Crippen LogP contribution in [-0.4, -0.2) is 23.5 Å². The van der Waals surface area contributed by atoms with E-state index in [1.165, 1.54) is 6.42 Å². The quantitative estimate of drug-likeness (QED) is 0.807. The van der Waals surface area contributed by atoms with Gasteiger partial charge in [-0.3, -0.25) is 9.59 Å². The number of carboxylic acid groups (broad SMARTS) is 1. The van der Waals surface area contributed by atoms with Crippen molar-refractivity contribution in [2.75, 3.05) is 6.54 Å². The molecule has 0 saturated heterocycles. The van der Waals surface area contributed by atoms with Gasteiger partial charge in [0.2, 0.25) is 5.91 Å². The standard InChI is InChI=1S/C14H23NO3/c1-13(2)6-4-3-5-10(13)11(16)15-9-14(7-8-14)12(17)18/h10H,3-9H2,1-2H3,(H,15,16)(H,17,18). The lowest BCUT2D eigenvalue weighted by molar-refractivity contribution is -0.143. The summed E-state index contributed by atoms with van der Waals surface area (Å²) in [5, 5.41) is 12.0. The lowest BCUT2D eigenvalue weighted by Crippen LogP contribution is -2.43. The van der Waals surface area contributed by atoms with Gasteiger partial charge in [0.05, 0.1) is 5.41 Å². The maximum Gasteiger partial charge on any atom is 0.311 e. The van der Waals surface area contributed by atoms with Gasteiger partial charge in [0.25, 0.3) is 0 Å². The average molecular weight is 253 g/mol. The van der Waals surface area contributed by atoms with Gasteiger partial charge in [0.1, 0.15) is 0 Å². The molecular weight excluding hydrogens is 230 g/mol. The second-order valence-corrected chi connectivity index (χ2v) is 6.59. The summed E-state index contributed by atoms with van der Waals surface area (Å²) in [6.45, 7) is 4.58. The van der Waals surface area contributed by atoms with Crippen LogP contribution in [0.1, 0.15) is 52.4 Å². The number of carboxylic acids is 1. The minimum absolute atomic E-state index is 0.0378. The predicted molar refractivity (Wildman–Crippen MR) is 68.1 cm³/mol. The van der Waals surface area contributed by atoms with Gasteiger partial charge in [0, 0.05) is 12.5 Å². The normalized spacial score (nSPS) is 28.4. The number of carbonyl (C=O) groups is 2. The summed E-state index contributed by atoms with van der Waals surface area (Å²) >= 11 is 0. The topological polar surface area (TPSA) is 66.4 Å². The van der Waals surface area contributed by atoms with Crippen molar-refractivity contribution in [3.8, 4) is 0 Å². The third kappa shape index (κ3) is 2.52. The van der Waals surface area contributed by atoms with Crippen LogP contribution in [0.5, 0.6) is 0 Å². The molecule has 0 aromatic carbocycles. The first kappa shape index (κ1) is 13.4. The zero-order valence-corrected chi connectivity index (χ0v) is 11.3. The highest BCUT2D eigenvalue weighted by molar-refractivity contribution is 5.82. The molecule has 2 aliphatic rings. The highest BCUT2D eigenvalue weighted by Gasteiger charge is 2.50. The van der Waals surface area contributed by atoms with E-state index in [1.54, 1.807) is 0 Å². The molecule has 1 amide bonds. The Kier molecular flexibility index (Phi) is 3.39. The molecule has 4 heteroatoms. The van der Waals surface area contributed by atoms with E-state index in [-0.39, 0.29) is 17.2 Å². The zero-order chi connectivity index (χ0) is 13.4. The number of amides is 1. The van der Waals surface area contributed by atoms with Gasteiger partial charge in [-0.15, -0.1) is 0 Å². The summed E-state index contributed by atoms with van der Waals surface area (Å²) in [5.74, 6) is -0.686. The first-order valence-electron chi connectivity index (χ1n) is 6.89. The van der Waals surface area contributed by atoms with Gasteiger partial charge < -0.3 is 10.4 Å². The third-order valence-corrected chi connectivity index (χ3v) is 4.73. The molecule has 1 unspecified atom stereocenters. The van der Waals surface area contributed by atoms with Crippen molar-refractivity contribution in [2.45, 2.75) is 52.4 Å².